The fraction of sp³-hybridized carbons (Fsp3) is 0.538. The predicted molar refractivity (Wildman–Crippen MR) is 61.3 cm³/mol. The molecule has 1 rings (SSSR count). The van der Waals surface area contributed by atoms with Gasteiger partial charge in [-0.05, 0) is 25.7 Å². The molecule has 1 heteroatoms. The van der Waals surface area contributed by atoms with Gasteiger partial charge in [-0.2, -0.15) is 12.8 Å². The topological polar surface area (TPSA) is 0 Å². The van der Waals surface area contributed by atoms with Crippen molar-refractivity contribution in [2.45, 2.75) is 45.4 Å². The molecule has 0 spiro atoms. The third-order valence-corrected chi connectivity index (χ3v) is 1.89. The van der Waals surface area contributed by atoms with E-state index in [1.54, 1.807) is 0 Å². The van der Waals surface area contributed by atoms with E-state index in [1.165, 1.54) is 31.3 Å². The molecule has 84 valence electrons. The molecule has 0 atom stereocenters. The fourth-order valence-corrected chi connectivity index (χ4v) is 1.22. The molecule has 0 aromatic heterocycles. The van der Waals surface area contributed by atoms with E-state index in [0.717, 1.165) is 12.8 Å². The van der Waals surface area contributed by atoms with Crippen molar-refractivity contribution in [2.75, 3.05) is 0 Å². The molecule has 0 saturated heterocycles. The Kier molecular flexibility index (Phi) is 15.6. The van der Waals surface area contributed by atoms with Crippen molar-refractivity contribution >= 4 is 0 Å². The Balaban J connectivity index is 0. The molecule has 14 heavy (non-hydrogen) atoms. The van der Waals surface area contributed by atoms with Gasteiger partial charge in [-0.25, -0.2) is 0 Å². The second-order valence-corrected chi connectivity index (χ2v) is 3.20. The molecule has 0 unspecified atom stereocenters. The van der Waals surface area contributed by atoms with Crippen molar-refractivity contribution < 1.29 is 21.1 Å². The summed E-state index contributed by atoms with van der Waals surface area (Å²) in [7, 11) is 0. The minimum atomic E-state index is 0. The molecule has 0 heterocycles. The third kappa shape index (κ3) is 10.3. The van der Waals surface area contributed by atoms with Crippen LogP contribution in [-0.2, 0) is 21.1 Å². The number of hydrogen-bond donors (Lipinski definition) is 0. The molecule has 0 amide bonds. The summed E-state index contributed by atoms with van der Waals surface area (Å²) >= 11 is 0. The van der Waals surface area contributed by atoms with Crippen molar-refractivity contribution in [3.05, 3.63) is 37.6 Å². The molecule has 0 aromatic rings. The van der Waals surface area contributed by atoms with Crippen LogP contribution < -0.4 is 0 Å². The second kappa shape index (κ2) is 13.2. The summed E-state index contributed by atoms with van der Waals surface area (Å²) in [4.78, 5) is 0. The Morgan fingerprint density at radius 3 is 2.29 bits per heavy atom. The van der Waals surface area contributed by atoms with Crippen LogP contribution in [0.2, 0.25) is 0 Å². The van der Waals surface area contributed by atoms with Crippen LogP contribution in [0.15, 0.2) is 23.8 Å². The van der Waals surface area contributed by atoms with Crippen LogP contribution in [0.25, 0.3) is 0 Å². The van der Waals surface area contributed by atoms with Crippen LogP contribution in [0, 0.1) is 13.8 Å². The molecule has 0 N–H and O–H groups in total. The van der Waals surface area contributed by atoms with E-state index in [1.807, 2.05) is 6.92 Å². The minimum absolute atomic E-state index is 0. The van der Waals surface area contributed by atoms with Crippen LogP contribution in [0.3, 0.4) is 0 Å². The quantitative estimate of drug-likeness (QED) is 0.469. The van der Waals surface area contributed by atoms with Gasteiger partial charge in [0.05, 0.1) is 0 Å². The largest absolute Gasteiger partial charge is 2.00 e. The smallest absolute Gasteiger partial charge is 0.344 e. The Bertz CT molecular complexity index is 157. The predicted octanol–water partition coefficient (Wildman–Crippen LogP) is 4.50. The molecular formula is C13H22Pt. The van der Waals surface area contributed by atoms with Crippen LogP contribution in [0.4, 0.5) is 0 Å². The van der Waals surface area contributed by atoms with Crippen molar-refractivity contribution in [2.24, 2.45) is 0 Å². The Labute approximate surface area is 104 Å². The van der Waals surface area contributed by atoms with Crippen LogP contribution in [0.1, 0.15) is 45.4 Å². The first-order valence-corrected chi connectivity index (χ1v) is 5.26. The van der Waals surface area contributed by atoms with Gasteiger partial charge in [-0.1, -0.05) is 25.2 Å². The van der Waals surface area contributed by atoms with Gasteiger partial charge in [0.1, 0.15) is 0 Å². The Morgan fingerprint density at radius 1 is 1.14 bits per heavy atom. The maximum Gasteiger partial charge on any atom is 2.00 e. The standard InChI is InChI=1S/C10H15.C3H7.Pt/c1-2-10-8-6-4-3-5-7-9-10;1-3-2;/h3-4,9H,1-2,5-8H2;1,3H2,2H3;/q2*-1;+2. The Morgan fingerprint density at radius 2 is 1.71 bits per heavy atom. The zero-order valence-electron chi connectivity index (χ0n) is 9.21. The molecule has 0 bridgehead atoms. The SMILES string of the molecule is [CH2-]CC.[CH2-]CC1=CCCC=CCC1.[Pt+2]. The van der Waals surface area contributed by atoms with Gasteiger partial charge in [-0.15, -0.1) is 5.57 Å². The van der Waals surface area contributed by atoms with Crippen molar-refractivity contribution in [1.82, 2.24) is 0 Å². The van der Waals surface area contributed by atoms with Gasteiger partial charge in [0.25, 0.3) is 0 Å². The molecule has 0 aliphatic heterocycles. The monoisotopic (exact) mass is 373 g/mol. The van der Waals surface area contributed by atoms with Gasteiger partial charge in [-0.3, -0.25) is 0 Å². The summed E-state index contributed by atoms with van der Waals surface area (Å²) in [5.74, 6) is 0. The van der Waals surface area contributed by atoms with Crippen molar-refractivity contribution in [3.63, 3.8) is 0 Å². The summed E-state index contributed by atoms with van der Waals surface area (Å²) in [6, 6.07) is 0. The molecule has 0 fully saturated rings. The summed E-state index contributed by atoms with van der Waals surface area (Å²) in [5.41, 5.74) is 1.53. The van der Waals surface area contributed by atoms with Gasteiger partial charge in [0.15, 0.2) is 0 Å². The summed E-state index contributed by atoms with van der Waals surface area (Å²) < 4.78 is 0. The van der Waals surface area contributed by atoms with Crippen LogP contribution in [-0.4, -0.2) is 0 Å². The normalized spacial score (nSPS) is 15.2. The van der Waals surface area contributed by atoms with Crippen molar-refractivity contribution in [3.8, 4) is 0 Å². The molecule has 0 saturated carbocycles. The van der Waals surface area contributed by atoms with Gasteiger partial charge >= 0.3 is 21.1 Å². The third-order valence-electron chi connectivity index (χ3n) is 1.89. The number of hydrogen-bond acceptors (Lipinski definition) is 0. The zero-order valence-corrected chi connectivity index (χ0v) is 11.5. The molecule has 0 radical (unpaired) electrons. The van der Waals surface area contributed by atoms with Gasteiger partial charge in [0.2, 0.25) is 0 Å². The minimum Gasteiger partial charge on any atom is -0.344 e. The summed E-state index contributed by atoms with van der Waals surface area (Å²) in [6.45, 7) is 9.39. The first-order chi connectivity index (χ1) is 6.35. The van der Waals surface area contributed by atoms with E-state index in [0.29, 0.717) is 0 Å². The maximum absolute atomic E-state index is 3.89. The van der Waals surface area contributed by atoms with E-state index < -0.39 is 0 Å². The zero-order chi connectivity index (χ0) is 9.94. The molecule has 1 aliphatic carbocycles. The van der Waals surface area contributed by atoms with E-state index >= 15 is 0 Å². The van der Waals surface area contributed by atoms with Crippen LogP contribution >= 0.6 is 0 Å². The van der Waals surface area contributed by atoms with Crippen molar-refractivity contribution in [1.29, 1.82) is 0 Å². The molecular weight excluding hydrogens is 351 g/mol. The van der Waals surface area contributed by atoms with E-state index in [4.69, 9.17) is 0 Å². The van der Waals surface area contributed by atoms with Gasteiger partial charge < -0.3 is 13.8 Å². The average Bonchev–Trinajstić information content (AvgIpc) is 2.05. The van der Waals surface area contributed by atoms with E-state index in [9.17, 15) is 0 Å². The summed E-state index contributed by atoms with van der Waals surface area (Å²) in [5, 5.41) is 0. The van der Waals surface area contributed by atoms with Crippen LogP contribution in [0.5, 0.6) is 0 Å². The first-order valence-electron chi connectivity index (χ1n) is 5.26. The van der Waals surface area contributed by atoms with Gasteiger partial charge in [0, 0.05) is 0 Å². The van der Waals surface area contributed by atoms with E-state index in [-0.39, 0.29) is 21.1 Å². The second-order valence-electron chi connectivity index (χ2n) is 3.20. The number of rotatable bonds is 1. The number of allylic oxidation sites excluding steroid dienone is 4. The first kappa shape index (κ1) is 16.6. The Hall–Kier alpha value is 0.168. The summed E-state index contributed by atoms with van der Waals surface area (Å²) in [6.07, 6.45) is 13.7. The fourth-order valence-electron chi connectivity index (χ4n) is 1.22. The molecule has 1 aliphatic rings. The molecule has 0 aromatic carbocycles. The molecule has 0 nitrogen and oxygen atoms in total. The average molecular weight is 373 g/mol. The maximum atomic E-state index is 3.89. The van der Waals surface area contributed by atoms with E-state index in [2.05, 4.69) is 32.1 Å².